The van der Waals surface area contributed by atoms with E-state index in [2.05, 4.69) is 22.9 Å². The summed E-state index contributed by atoms with van der Waals surface area (Å²) in [4.78, 5) is 21.3. The van der Waals surface area contributed by atoms with Crippen LogP contribution < -0.4 is 4.74 Å². The van der Waals surface area contributed by atoms with Gasteiger partial charge in [-0.3, -0.25) is 14.7 Å². The van der Waals surface area contributed by atoms with Gasteiger partial charge in [0.1, 0.15) is 30.9 Å². The Labute approximate surface area is 176 Å². The van der Waals surface area contributed by atoms with Crippen LogP contribution in [0, 0.1) is 12.7 Å². The third-order valence-corrected chi connectivity index (χ3v) is 5.90. The van der Waals surface area contributed by atoms with Crippen molar-refractivity contribution in [3.63, 3.8) is 0 Å². The number of piperidine rings is 1. The number of hydrogen-bond donors (Lipinski definition) is 0. The highest BCUT2D eigenvalue weighted by atomic mass is 19.1. The molecule has 2 saturated heterocycles. The number of morpholine rings is 1. The van der Waals surface area contributed by atoms with Gasteiger partial charge in [0, 0.05) is 31.9 Å². The molecule has 30 heavy (non-hydrogen) atoms. The molecule has 0 spiro atoms. The van der Waals surface area contributed by atoms with Gasteiger partial charge in [0.25, 0.3) is 0 Å². The van der Waals surface area contributed by atoms with Crippen LogP contribution in [0.3, 0.4) is 0 Å². The van der Waals surface area contributed by atoms with Crippen molar-refractivity contribution in [1.82, 2.24) is 14.8 Å². The Morgan fingerprint density at radius 2 is 1.97 bits per heavy atom. The molecule has 2 aliphatic heterocycles. The van der Waals surface area contributed by atoms with Crippen LogP contribution in [0.15, 0.2) is 42.6 Å². The van der Waals surface area contributed by atoms with Gasteiger partial charge in [-0.15, -0.1) is 0 Å². The highest BCUT2D eigenvalue weighted by molar-refractivity contribution is 5.78. The van der Waals surface area contributed by atoms with Crippen LogP contribution >= 0.6 is 0 Å². The van der Waals surface area contributed by atoms with Crippen molar-refractivity contribution in [2.24, 2.45) is 0 Å². The number of aryl methyl sites for hydroxylation is 1. The summed E-state index contributed by atoms with van der Waals surface area (Å²) in [7, 11) is 0. The van der Waals surface area contributed by atoms with Crippen molar-refractivity contribution in [3.8, 4) is 5.75 Å². The normalized spacial score (nSPS) is 21.1. The fourth-order valence-electron chi connectivity index (χ4n) is 4.10. The van der Waals surface area contributed by atoms with E-state index in [-0.39, 0.29) is 30.5 Å². The molecular weight excluding hydrogens is 385 g/mol. The minimum Gasteiger partial charge on any atom is -0.491 e. The lowest BCUT2D eigenvalue weighted by atomic mass is 10.0. The second-order valence-corrected chi connectivity index (χ2v) is 8.02. The number of carbonyl (C=O) groups is 1. The molecule has 0 unspecified atom stereocenters. The van der Waals surface area contributed by atoms with E-state index in [1.54, 1.807) is 12.1 Å². The standard InChI is InChI=1S/C23H28FN3O3/c1-17-3-2-10-25-22(17)14-26-11-8-19(9-12-26)27-13-21(30-16-23(27)28)15-29-20-6-4-18(24)5-7-20/h2-7,10,19,21H,8-9,11-16H2,1H3/t21-/m1/s1. The summed E-state index contributed by atoms with van der Waals surface area (Å²) < 4.78 is 24.4. The first-order valence-corrected chi connectivity index (χ1v) is 10.5. The summed E-state index contributed by atoms with van der Waals surface area (Å²) >= 11 is 0. The molecule has 0 aliphatic carbocycles. The van der Waals surface area contributed by atoms with Crippen LogP contribution in [0.4, 0.5) is 4.39 Å². The first-order chi connectivity index (χ1) is 14.6. The van der Waals surface area contributed by atoms with Gasteiger partial charge in [-0.2, -0.15) is 0 Å². The minimum absolute atomic E-state index is 0.0482. The Balaban J connectivity index is 1.27. The lowest BCUT2D eigenvalue weighted by Crippen LogP contribution is -2.55. The molecule has 6 nitrogen and oxygen atoms in total. The van der Waals surface area contributed by atoms with E-state index >= 15 is 0 Å². The van der Waals surface area contributed by atoms with E-state index in [1.807, 2.05) is 17.2 Å². The van der Waals surface area contributed by atoms with Gasteiger partial charge in [-0.1, -0.05) is 6.07 Å². The number of nitrogens with zero attached hydrogens (tertiary/aromatic N) is 3. The number of rotatable bonds is 6. The zero-order valence-corrected chi connectivity index (χ0v) is 17.3. The van der Waals surface area contributed by atoms with Gasteiger partial charge < -0.3 is 14.4 Å². The maximum absolute atomic E-state index is 13.0. The quantitative estimate of drug-likeness (QED) is 0.729. The van der Waals surface area contributed by atoms with Crippen LogP contribution in [0.2, 0.25) is 0 Å². The molecule has 0 bridgehead atoms. The van der Waals surface area contributed by atoms with E-state index in [0.717, 1.165) is 38.2 Å². The lowest BCUT2D eigenvalue weighted by Gasteiger charge is -2.42. The predicted octanol–water partition coefficient (Wildman–Crippen LogP) is 2.80. The molecule has 2 aliphatic rings. The monoisotopic (exact) mass is 413 g/mol. The molecule has 1 amide bonds. The topological polar surface area (TPSA) is 54.9 Å². The molecule has 1 atom stereocenters. The molecule has 160 valence electrons. The molecule has 4 rings (SSSR count). The summed E-state index contributed by atoms with van der Waals surface area (Å²) in [5, 5.41) is 0. The van der Waals surface area contributed by atoms with E-state index in [1.165, 1.54) is 17.7 Å². The van der Waals surface area contributed by atoms with Gasteiger partial charge in [-0.05, 0) is 55.7 Å². The lowest BCUT2D eigenvalue weighted by molar-refractivity contribution is -0.155. The van der Waals surface area contributed by atoms with E-state index in [4.69, 9.17) is 9.47 Å². The molecule has 0 saturated carbocycles. The van der Waals surface area contributed by atoms with Crippen molar-refractivity contribution in [2.75, 3.05) is 32.8 Å². The number of benzene rings is 1. The van der Waals surface area contributed by atoms with E-state index in [0.29, 0.717) is 18.9 Å². The number of aromatic nitrogens is 1. The van der Waals surface area contributed by atoms with Crippen molar-refractivity contribution >= 4 is 5.91 Å². The Morgan fingerprint density at radius 3 is 2.70 bits per heavy atom. The summed E-state index contributed by atoms with van der Waals surface area (Å²) in [6, 6.07) is 10.2. The molecule has 7 heteroatoms. The number of amides is 1. The molecule has 1 aromatic carbocycles. The Kier molecular flexibility index (Phi) is 6.59. The van der Waals surface area contributed by atoms with Crippen LogP contribution in [-0.4, -0.2) is 65.7 Å². The number of hydrogen-bond acceptors (Lipinski definition) is 5. The maximum atomic E-state index is 13.0. The molecule has 2 fully saturated rings. The summed E-state index contributed by atoms with van der Waals surface area (Å²) in [5.41, 5.74) is 2.34. The summed E-state index contributed by atoms with van der Waals surface area (Å²) in [6.45, 7) is 5.80. The molecule has 1 aromatic heterocycles. The van der Waals surface area contributed by atoms with Crippen LogP contribution in [-0.2, 0) is 16.1 Å². The van der Waals surface area contributed by atoms with Crippen molar-refractivity contribution in [3.05, 3.63) is 59.7 Å². The van der Waals surface area contributed by atoms with E-state index in [9.17, 15) is 9.18 Å². The summed E-state index contributed by atoms with van der Waals surface area (Å²) in [5.74, 6) is 0.353. The van der Waals surface area contributed by atoms with Gasteiger partial charge in [-0.25, -0.2) is 4.39 Å². The first kappa shape index (κ1) is 20.8. The number of likely N-dealkylation sites (tertiary alicyclic amines) is 1. The minimum atomic E-state index is -0.294. The third kappa shape index (κ3) is 5.15. The molecule has 0 radical (unpaired) electrons. The second kappa shape index (κ2) is 9.53. The van der Waals surface area contributed by atoms with Crippen molar-refractivity contribution < 1.29 is 18.7 Å². The highest BCUT2D eigenvalue weighted by Gasteiger charge is 2.34. The molecule has 0 N–H and O–H groups in total. The fraction of sp³-hybridized carbons (Fsp3) is 0.478. The zero-order valence-electron chi connectivity index (χ0n) is 17.3. The first-order valence-electron chi connectivity index (χ1n) is 10.5. The van der Waals surface area contributed by atoms with Crippen molar-refractivity contribution in [1.29, 1.82) is 0 Å². The average Bonchev–Trinajstić information content (AvgIpc) is 2.76. The maximum Gasteiger partial charge on any atom is 0.248 e. The van der Waals surface area contributed by atoms with Gasteiger partial charge in [0.2, 0.25) is 5.91 Å². The number of pyridine rings is 1. The second-order valence-electron chi connectivity index (χ2n) is 8.02. The molecule has 3 heterocycles. The third-order valence-electron chi connectivity index (χ3n) is 5.90. The average molecular weight is 413 g/mol. The number of halogens is 1. The Morgan fingerprint density at radius 1 is 1.20 bits per heavy atom. The van der Waals surface area contributed by atoms with Crippen LogP contribution in [0.5, 0.6) is 5.75 Å². The zero-order chi connectivity index (χ0) is 20.9. The van der Waals surface area contributed by atoms with Gasteiger partial charge >= 0.3 is 0 Å². The van der Waals surface area contributed by atoms with Gasteiger partial charge in [0.05, 0.1) is 12.2 Å². The molecule has 2 aromatic rings. The van der Waals surface area contributed by atoms with Crippen molar-refractivity contribution in [2.45, 2.75) is 38.5 Å². The Hall–Kier alpha value is -2.51. The number of ether oxygens (including phenoxy) is 2. The largest absolute Gasteiger partial charge is 0.491 e. The Bertz CT molecular complexity index is 853. The fourth-order valence-corrected chi connectivity index (χ4v) is 4.10. The van der Waals surface area contributed by atoms with Crippen LogP contribution in [0.25, 0.3) is 0 Å². The predicted molar refractivity (Wildman–Crippen MR) is 111 cm³/mol. The number of carbonyl (C=O) groups excluding carboxylic acids is 1. The van der Waals surface area contributed by atoms with Crippen LogP contribution in [0.1, 0.15) is 24.1 Å². The SMILES string of the molecule is Cc1cccnc1CN1CCC(N2C[C@H](COc3ccc(F)cc3)OCC2=O)CC1. The van der Waals surface area contributed by atoms with E-state index < -0.39 is 0 Å². The summed E-state index contributed by atoms with van der Waals surface area (Å²) in [6.07, 6.45) is 3.56. The van der Waals surface area contributed by atoms with Gasteiger partial charge in [0.15, 0.2) is 0 Å². The highest BCUT2D eigenvalue weighted by Crippen LogP contribution is 2.22. The smallest absolute Gasteiger partial charge is 0.248 e. The molecular formula is C23H28FN3O3.